The van der Waals surface area contributed by atoms with Gasteiger partial charge in [-0.15, -0.1) is 0 Å². The number of aromatic nitrogens is 4. The Morgan fingerprint density at radius 3 is 2.95 bits per heavy atom. The Balaban J connectivity index is 1.60. The van der Waals surface area contributed by atoms with Crippen LogP contribution in [0.5, 0.6) is 0 Å². The summed E-state index contributed by atoms with van der Waals surface area (Å²) in [6, 6.07) is 8.15. The van der Waals surface area contributed by atoms with Gasteiger partial charge in [0.2, 0.25) is 0 Å². The zero-order valence-electron chi connectivity index (χ0n) is 12.0. The lowest BCUT2D eigenvalue weighted by molar-refractivity contribution is 0.492. The molecule has 112 valence electrons. The molecule has 1 saturated heterocycles. The van der Waals surface area contributed by atoms with Crippen LogP contribution in [0.4, 0.5) is 5.82 Å². The molecule has 3 aromatic rings. The molecule has 1 aliphatic rings. The summed E-state index contributed by atoms with van der Waals surface area (Å²) in [6.07, 6.45) is 5.57. The lowest BCUT2D eigenvalue weighted by Crippen LogP contribution is -2.35. The number of para-hydroxylation sites is 2. The van der Waals surface area contributed by atoms with E-state index in [2.05, 4.69) is 25.9 Å². The van der Waals surface area contributed by atoms with Gasteiger partial charge in [0, 0.05) is 19.0 Å². The first-order valence-electron chi connectivity index (χ1n) is 7.47. The third kappa shape index (κ3) is 2.52. The molecule has 5 nitrogen and oxygen atoms in total. The molecule has 0 saturated carbocycles. The molecule has 0 bridgehead atoms. The molecular formula is C16H16ClN5. The Labute approximate surface area is 133 Å². The Morgan fingerprint density at radius 1 is 1.18 bits per heavy atom. The molecule has 1 aromatic carbocycles. The van der Waals surface area contributed by atoms with E-state index in [0.717, 1.165) is 48.6 Å². The molecule has 0 amide bonds. The first kappa shape index (κ1) is 13.5. The summed E-state index contributed by atoms with van der Waals surface area (Å²) in [5.41, 5.74) is 2.12. The Bertz CT molecular complexity index is 767. The van der Waals surface area contributed by atoms with Gasteiger partial charge < -0.3 is 9.88 Å². The molecule has 0 radical (unpaired) electrons. The molecule has 1 N–H and O–H groups in total. The van der Waals surface area contributed by atoms with E-state index in [1.54, 1.807) is 12.4 Å². The minimum atomic E-state index is 0.377. The van der Waals surface area contributed by atoms with Crippen molar-refractivity contribution in [3.63, 3.8) is 0 Å². The van der Waals surface area contributed by atoms with Gasteiger partial charge in [-0.2, -0.15) is 0 Å². The monoisotopic (exact) mass is 313 g/mol. The maximum absolute atomic E-state index is 5.95. The number of hydrogen-bond donors (Lipinski definition) is 1. The highest BCUT2D eigenvalue weighted by Crippen LogP contribution is 2.29. The average molecular weight is 314 g/mol. The van der Waals surface area contributed by atoms with E-state index in [1.807, 2.05) is 18.2 Å². The second kappa shape index (κ2) is 5.57. The summed E-state index contributed by atoms with van der Waals surface area (Å²) < 4.78 is 0. The fourth-order valence-electron chi connectivity index (χ4n) is 3.06. The predicted octanol–water partition coefficient (Wildman–Crippen LogP) is 3.39. The minimum absolute atomic E-state index is 0.377. The number of H-pyrrole nitrogens is 1. The van der Waals surface area contributed by atoms with Gasteiger partial charge in [-0.25, -0.2) is 9.97 Å². The van der Waals surface area contributed by atoms with Crippen molar-refractivity contribution in [3.05, 3.63) is 47.6 Å². The van der Waals surface area contributed by atoms with Gasteiger partial charge in [0.1, 0.15) is 16.8 Å². The quantitative estimate of drug-likeness (QED) is 0.788. The molecule has 1 aliphatic heterocycles. The third-order valence-corrected chi connectivity index (χ3v) is 4.31. The fraction of sp³-hybridized carbons (Fsp3) is 0.312. The summed E-state index contributed by atoms with van der Waals surface area (Å²) in [5.74, 6) is 2.27. The Morgan fingerprint density at radius 2 is 2.09 bits per heavy atom. The van der Waals surface area contributed by atoms with E-state index >= 15 is 0 Å². The largest absolute Gasteiger partial charge is 0.355 e. The van der Waals surface area contributed by atoms with Gasteiger partial charge >= 0.3 is 0 Å². The number of aromatic amines is 1. The standard InChI is InChI=1S/C16H16ClN5/c17-14-8-18-9-15(21-14)22-7-3-4-11(10-22)16-19-12-5-1-2-6-13(12)20-16/h1-2,5-6,8-9,11H,3-4,7,10H2,(H,19,20)/t11-/m1/s1. The van der Waals surface area contributed by atoms with Gasteiger partial charge in [0.15, 0.2) is 0 Å². The van der Waals surface area contributed by atoms with Gasteiger partial charge in [0.25, 0.3) is 0 Å². The number of benzene rings is 1. The van der Waals surface area contributed by atoms with Crippen molar-refractivity contribution in [2.24, 2.45) is 0 Å². The topological polar surface area (TPSA) is 57.7 Å². The molecular weight excluding hydrogens is 298 g/mol. The molecule has 1 fully saturated rings. The SMILES string of the molecule is Clc1cncc(N2CCC[C@@H](c3nc4ccccc4[nH]3)C2)n1. The second-order valence-corrected chi connectivity index (χ2v) is 6.01. The summed E-state index contributed by atoms with van der Waals surface area (Å²) in [4.78, 5) is 18.9. The van der Waals surface area contributed by atoms with Crippen LogP contribution in [0.2, 0.25) is 5.15 Å². The van der Waals surface area contributed by atoms with Crippen LogP contribution in [0, 0.1) is 0 Å². The molecule has 2 aromatic heterocycles. The molecule has 1 atom stereocenters. The third-order valence-electron chi connectivity index (χ3n) is 4.13. The maximum atomic E-state index is 5.95. The van der Waals surface area contributed by atoms with Crippen molar-refractivity contribution in [1.82, 2.24) is 19.9 Å². The first-order valence-corrected chi connectivity index (χ1v) is 7.84. The average Bonchev–Trinajstić information content (AvgIpc) is 2.99. The molecule has 6 heteroatoms. The number of hydrogen-bond acceptors (Lipinski definition) is 4. The van der Waals surface area contributed by atoms with Crippen LogP contribution >= 0.6 is 11.6 Å². The van der Waals surface area contributed by atoms with E-state index in [-0.39, 0.29) is 0 Å². The van der Waals surface area contributed by atoms with E-state index in [4.69, 9.17) is 16.6 Å². The van der Waals surface area contributed by atoms with Crippen LogP contribution in [-0.4, -0.2) is 33.0 Å². The van der Waals surface area contributed by atoms with Crippen LogP contribution in [0.3, 0.4) is 0 Å². The molecule has 22 heavy (non-hydrogen) atoms. The van der Waals surface area contributed by atoms with Crippen molar-refractivity contribution >= 4 is 28.5 Å². The summed E-state index contributed by atoms with van der Waals surface area (Å²) >= 11 is 5.95. The first-order chi connectivity index (χ1) is 10.8. The van der Waals surface area contributed by atoms with Crippen molar-refractivity contribution in [3.8, 4) is 0 Å². The highest BCUT2D eigenvalue weighted by molar-refractivity contribution is 6.29. The fourth-order valence-corrected chi connectivity index (χ4v) is 3.20. The van der Waals surface area contributed by atoms with Crippen LogP contribution in [-0.2, 0) is 0 Å². The second-order valence-electron chi connectivity index (χ2n) is 5.62. The number of nitrogens with zero attached hydrogens (tertiary/aromatic N) is 4. The van der Waals surface area contributed by atoms with E-state index in [1.165, 1.54) is 0 Å². The van der Waals surface area contributed by atoms with Gasteiger partial charge in [-0.05, 0) is 25.0 Å². The van der Waals surface area contributed by atoms with E-state index in [0.29, 0.717) is 11.1 Å². The van der Waals surface area contributed by atoms with Crippen LogP contribution < -0.4 is 4.90 Å². The zero-order valence-corrected chi connectivity index (χ0v) is 12.8. The number of piperidine rings is 1. The number of imidazole rings is 1. The summed E-state index contributed by atoms with van der Waals surface area (Å²) in [5, 5.41) is 0.434. The zero-order chi connectivity index (χ0) is 14.9. The van der Waals surface area contributed by atoms with Crippen molar-refractivity contribution in [2.75, 3.05) is 18.0 Å². The highest BCUT2D eigenvalue weighted by Gasteiger charge is 2.24. The maximum Gasteiger partial charge on any atom is 0.149 e. The normalized spacial score (nSPS) is 18.8. The smallest absolute Gasteiger partial charge is 0.149 e. The molecule has 0 unspecified atom stereocenters. The molecule has 3 heterocycles. The van der Waals surface area contributed by atoms with Crippen LogP contribution in [0.1, 0.15) is 24.6 Å². The minimum Gasteiger partial charge on any atom is -0.355 e. The van der Waals surface area contributed by atoms with Gasteiger partial charge in [-0.3, -0.25) is 4.98 Å². The summed E-state index contributed by atoms with van der Waals surface area (Å²) in [6.45, 7) is 1.86. The van der Waals surface area contributed by atoms with Gasteiger partial charge in [0.05, 0.1) is 23.4 Å². The molecule has 0 aliphatic carbocycles. The van der Waals surface area contributed by atoms with Gasteiger partial charge in [-0.1, -0.05) is 23.7 Å². The highest BCUT2D eigenvalue weighted by atomic mass is 35.5. The van der Waals surface area contributed by atoms with Crippen LogP contribution in [0.25, 0.3) is 11.0 Å². The molecule has 0 spiro atoms. The number of rotatable bonds is 2. The van der Waals surface area contributed by atoms with Crippen molar-refractivity contribution in [1.29, 1.82) is 0 Å². The Hall–Kier alpha value is -2.14. The predicted molar refractivity (Wildman–Crippen MR) is 87.3 cm³/mol. The lowest BCUT2D eigenvalue weighted by Gasteiger charge is -2.32. The Kier molecular flexibility index (Phi) is 3.42. The van der Waals surface area contributed by atoms with E-state index in [9.17, 15) is 0 Å². The number of anilines is 1. The van der Waals surface area contributed by atoms with Crippen LogP contribution in [0.15, 0.2) is 36.7 Å². The van der Waals surface area contributed by atoms with Crippen molar-refractivity contribution < 1.29 is 0 Å². The molecule has 4 rings (SSSR count). The lowest BCUT2D eigenvalue weighted by atomic mass is 9.97. The number of fused-ring (bicyclic) bond motifs is 1. The summed E-state index contributed by atoms with van der Waals surface area (Å²) in [7, 11) is 0. The number of halogens is 1. The number of nitrogens with one attached hydrogen (secondary N) is 1. The van der Waals surface area contributed by atoms with E-state index < -0.39 is 0 Å². The van der Waals surface area contributed by atoms with Crippen molar-refractivity contribution in [2.45, 2.75) is 18.8 Å².